The summed E-state index contributed by atoms with van der Waals surface area (Å²) in [6.07, 6.45) is 0. The predicted octanol–water partition coefficient (Wildman–Crippen LogP) is 12.8. The van der Waals surface area contributed by atoms with Crippen molar-refractivity contribution in [3.05, 3.63) is 204 Å². The molecule has 0 heterocycles. The van der Waals surface area contributed by atoms with E-state index in [2.05, 4.69) is 164 Å². The van der Waals surface area contributed by atoms with Gasteiger partial charge in [-0.2, -0.15) is 0 Å². The first-order chi connectivity index (χ1) is 26.1. The number of hydrogen-bond donors (Lipinski definition) is 2. The van der Waals surface area contributed by atoms with E-state index in [1.54, 1.807) is 0 Å². The van der Waals surface area contributed by atoms with Crippen molar-refractivity contribution in [3.8, 4) is 33.4 Å². The molecule has 0 atom stereocenters. The van der Waals surface area contributed by atoms with Gasteiger partial charge in [0.15, 0.2) is 0 Å². The van der Waals surface area contributed by atoms with Crippen molar-refractivity contribution in [2.24, 2.45) is 0 Å². The highest BCUT2D eigenvalue weighted by molar-refractivity contribution is 6.22. The minimum Gasteiger partial charge on any atom is -0.397 e. The molecule has 0 saturated carbocycles. The molecule has 2 nitrogen and oxygen atoms in total. The molecule has 9 aromatic carbocycles. The molecule has 0 unspecified atom stereocenters. The van der Waals surface area contributed by atoms with Gasteiger partial charge in [-0.25, -0.2) is 0 Å². The third kappa shape index (κ3) is 4.39. The zero-order valence-electron chi connectivity index (χ0n) is 29.8. The summed E-state index contributed by atoms with van der Waals surface area (Å²) >= 11 is 0. The fourth-order valence-corrected chi connectivity index (χ4v) is 9.46. The van der Waals surface area contributed by atoms with Crippen LogP contribution in [0.2, 0.25) is 0 Å². The average Bonchev–Trinajstić information content (AvgIpc) is 3.69. The van der Waals surface area contributed by atoms with Gasteiger partial charge in [0.25, 0.3) is 0 Å². The van der Waals surface area contributed by atoms with Crippen molar-refractivity contribution in [2.45, 2.75) is 12.3 Å². The van der Waals surface area contributed by atoms with Crippen LogP contribution in [0, 0.1) is 6.92 Å². The summed E-state index contributed by atoms with van der Waals surface area (Å²) in [5, 5.41) is 10.9. The number of nitrogens with one attached hydrogen (secondary N) is 1. The number of nitrogen functional groups attached to an aromatic ring is 1. The van der Waals surface area contributed by atoms with Crippen LogP contribution in [-0.2, 0) is 5.41 Å². The Labute approximate surface area is 310 Å². The lowest BCUT2D eigenvalue weighted by Crippen LogP contribution is -2.26. The second kappa shape index (κ2) is 12.0. The van der Waals surface area contributed by atoms with E-state index in [4.69, 9.17) is 5.73 Å². The number of benzene rings is 9. The normalized spacial score (nSPS) is 12.9. The highest BCUT2D eigenvalue weighted by atomic mass is 14.8. The first-order valence-electron chi connectivity index (χ1n) is 18.4. The molecule has 0 aromatic heterocycles. The van der Waals surface area contributed by atoms with Gasteiger partial charge in [0, 0.05) is 7.05 Å². The highest BCUT2D eigenvalue weighted by Crippen LogP contribution is 2.67. The van der Waals surface area contributed by atoms with E-state index in [1.165, 1.54) is 93.5 Å². The minimum absolute atomic E-state index is 0.438. The minimum atomic E-state index is -0.438. The Morgan fingerprint density at radius 3 is 1.58 bits per heavy atom. The molecule has 0 radical (unpaired) electrons. The van der Waals surface area contributed by atoms with Crippen LogP contribution in [0.4, 0.5) is 11.4 Å². The molecule has 0 saturated heterocycles. The number of para-hydroxylation sites is 2. The van der Waals surface area contributed by atoms with E-state index in [9.17, 15) is 0 Å². The van der Waals surface area contributed by atoms with Crippen molar-refractivity contribution in [2.75, 3.05) is 18.1 Å². The number of anilines is 2. The van der Waals surface area contributed by atoms with E-state index in [0.717, 1.165) is 11.4 Å². The molecule has 2 aliphatic rings. The average molecular weight is 679 g/mol. The summed E-state index contributed by atoms with van der Waals surface area (Å²) in [6, 6.07) is 64.7. The first-order valence-corrected chi connectivity index (χ1v) is 18.4. The lowest BCUT2D eigenvalue weighted by Gasteiger charge is -2.33. The van der Waals surface area contributed by atoms with Gasteiger partial charge in [-0.15, -0.1) is 0 Å². The van der Waals surface area contributed by atoms with Crippen LogP contribution < -0.4 is 11.1 Å². The van der Waals surface area contributed by atoms with Crippen LogP contribution in [0.1, 0.15) is 27.8 Å². The predicted molar refractivity (Wildman–Crippen MR) is 226 cm³/mol. The molecular formula is C51H38N2. The van der Waals surface area contributed by atoms with E-state index in [-0.39, 0.29) is 0 Å². The summed E-state index contributed by atoms with van der Waals surface area (Å²) in [7, 11) is 1.85. The molecular weight excluding hydrogens is 641 g/mol. The lowest BCUT2D eigenvalue weighted by molar-refractivity contribution is 0.809. The molecule has 2 aliphatic carbocycles. The topological polar surface area (TPSA) is 38.0 Å². The molecule has 252 valence electrons. The first kappa shape index (κ1) is 31.1. The van der Waals surface area contributed by atoms with Gasteiger partial charge in [0.1, 0.15) is 0 Å². The van der Waals surface area contributed by atoms with E-state index in [1.807, 2.05) is 31.3 Å². The van der Waals surface area contributed by atoms with Gasteiger partial charge in [-0.05, 0) is 113 Å². The zero-order valence-corrected chi connectivity index (χ0v) is 29.8. The molecule has 3 N–H and O–H groups in total. The molecule has 0 fully saturated rings. The van der Waals surface area contributed by atoms with Crippen molar-refractivity contribution in [1.29, 1.82) is 0 Å². The Hall–Kier alpha value is -6.64. The van der Waals surface area contributed by atoms with Crippen LogP contribution in [0.5, 0.6) is 0 Å². The maximum atomic E-state index is 5.57. The van der Waals surface area contributed by atoms with Gasteiger partial charge in [0.05, 0.1) is 16.8 Å². The van der Waals surface area contributed by atoms with Crippen molar-refractivity contribution in [3.63, 3.8) is 0 Å². The molecule has 9 aromatic rings. The Balaban J connectivity index is 0.000000343. The smallest absolute Gasteiger partial charge is 0.0737 e. The van der Waals surface area contributed by atoms with Gasteiger partial charge in [-0.1, -0.05) is 163 Å². The van der Waals surface area contributed by atoms with Gasteiger partial charge >= 0.3 is 0 Å². The molecule has 0 aliphatic heterocycles. The van der Waals surface area contributed by atoms with Gasteiger partial charge in [0.2, 0.25) is 0 Å². The van der Waals surface area contributed by atoms with Crippen LogP contribution >= 0.6 is 0 Å². The van der Waals surface area contributed by atoms with E-state index in [0.29, 0.717) is 0 Å². The fourth-order valence-electron chi connectivity index (χ4n) is 9.46. The molecule has 0 amide bonds. The monoisotopic (exact) mass is 678 g/mol. The standard InChI is InChI=1S/C44H28.C7H10N2/c1-27-13-12-14-28(25-27)37-26-38-41-34-20-5-2-15-29(34)30-16-3-7-22-36(30)43(41)44(42(38)35-21-6-4-17-31(35)37)39-23-10-8-18-32(39)33-19-9-11-24-40(33)44;1-9-7-5-3-2-4-6(7)8/h2-26H,1H3;2-5,9H,8H2,1H3. The van der Waals surface area contributed by atoms with Crippen molar-refractivity contribution >= 4 is 43.7 Å². The van der Waals surface area contributed by atoms with Crippen molar-refractivity contribution < 1.29 is 0 Å². The fraction of sp³-hybridized carbons (Fsp3) is 0.0588. The Bertz CT molecular complexity index is 2870. The highest BCUT2D eigenvalue weighted by Gasteiger charge is 2.54. The van der Waals surface area contributed by atoms with Crippen LogP contribution in [-0.4, -0.2) is 7.05 Å². The van der Waals surface area contributed by atoms with Crippen LogP contribution in [0.3, 0.4) is 0 Å². The maximum Gasteiger partial charge on any atom is 0.0737 e. The summed E-state index contributed by atoms with van der Waals surface area (Å²) in [5.41, 5.74) is 21.8. The largest absolute Gasteiger partial charge is 0.397 e. The number of nitrogens with two attached hydrogens (primary N) is 1. The summed E-state index contributed by atoms with van der Waals surface area (Å²) in [6.45, 7) is 2.19. The second-order valence-electron chi connectivity index (χ2n) is 14.3. The third-order valence-electron chi connectivity index (χ3n) is 11.5. The van der Waals surface area contributed by atoms with Crippen LogP contribution in [0.15, 0.2) is 176 Å². The second-order valence-corrected chi connectivity index (χ2v) is 14.3. The molecule has 1 spiro atoms. The SMILES string of the molecule is CNc1ccccc1N.Cc1cccc(-c2cc3c(c4ccccc24)C2(c4ccccc4-c4ccccc42)c2c-3c3ccccc3c3ccccc23)c1. The summed E-state index contributed by atoms with van der Waals surface area (Å²) in [5.74, 6) is 0. The number of hydrogen-bond acceptors (Lipinski definition) is 2. The summed E-state index contributed by atoms with van der Waals surface area (Å²) < 4.78 is 0. The van der Waals surface area contributed by atoms with Gasteiger partial charge < -0.3 is 11.1 Å². The Kier molecular flexibility index (Phi) is 7.03. The molecule has 2 heteroatoms. The number of rotatable bonds is 2. The summed E-state index contributed by atoms with van der Waals surface area (Å²) in [4.78, 5) is 0. The zero-order chi connectivity index (χ0) is 35.7. The number of aryl methyl sites for hydroxylation is 1. The van der Waals surface area contributed by atoms with Crippen LogP contribution in [0.25, 0.3) is 65.7 Å². The number of fused-ring (bicyclic) bond motifs is 17. The maximum absolute atomic E-state index is 5.57. The molecule has 53 heavy (non-hydrogen) atoms. The quantitative estimate of drug-likeness (QED) is 0.141. The lowest BCUT2D eigenvalue weighted by atomic mass is 9.68. The Morgan fingerprint density at radius 2 is 0.962 bits per heavy atom. The third-order valence-corrected chi connectivity index (χ3v) is 11.5. The molecule has 0 bridgehead atoms. The van der Waals surface area contributed by atoms with Gasteiger partial charge in [-0.3, -0.25) is 0 Å². The van der Waals surface area contributed by atoms with E-state index < -0.39 is 5.41 Å². The van der Waals surface area contributed by atoms with E-state index >= 15 is 0 Å². The van der Waals surface area contributed by atoms with Crippen molar-refractivity contribution in [1.82, 2.24) is 0 Å². The Morgan fingerprint density at radius 1 is 0.434 bits per heavy atom. The molecule has 11 rings (SSSR count).